The Labute approximate surface area is 179 Å². The molecule has 2 N–H and O–H groups in total. The summed E-state index contributed by atoms with van der Waals surface area (Å²) in [6, 6.07) is 8.91. The van der Waals surface area contributed by atoms with Crippen molar-refractivity contribution in [3.8, 4) is 5.95 Å². The smallest absolute Gasteiger partial charge is 0.252 e. The van der Waals surface area contributed by atoms with Crippen molar-refractivity contribution in [2.75, 3.05) is 16.8 Å². The van der Waals surface area contributed by atoms with Crippen LogP contribution in [-0.2, 0) is 9.59 Å². The summed E-state index contributed by atoms with van der Waals surface area (Å²) in [5.74, 6) is -0.267. The number of carbonyl (C=O) groups excluding carboxylic acids is 2. The first-order valence-electron chi connectivity index (χ1n) is 10.0. The summed E-state index contributed by atoms with van der Waals surface area (Å²) in [6.07, 6.45) is 0.130. The minimum absolute atomic E-state index is 0.0854. The number of benzene rings is 1. The van der Waals surface area contributed by atoms with E-state index >= 15 is 0 Å². The van der Waals surface area contributed by atoms with Crippen LogP contribution >= 0.6 is 0 Å². The van der Waals surface area contributed by atoms with Gasteiger partial charge in [-0.15, -0.1) is 0 Å². The van der Waals surface area contributed by atoms with E-state index in [1.807, 2.05) is 32.0 Å². The van der Waals surface area contributed by atoms with Crippen LogP contribution in [0.1, 0.15) is 28.9 Å². The molecule has 160 valence electrons. The molecule has 0 spiro atoms. The van der Waals surface area contributed by atoms with E-state index in [1.165, 1.54) is 10.7 Å². The molecule has 1 aliphatic rings. The van der Waals surface area contributed by atoms with E-state index in [0.717, 1.165) is 16.8 Å². The average Bonchev–Trinajstić information content (AvgIpc) is 3.26. The highest BCUT2D eigenvalue weighted by Gasteiger charge is 2.35. The Morgan fingerprint density at radius 1 is 1.06 bits per heavy atom. The van der Waals surface area contributed by atoms with Crippen molar-refractivity contribution in [3.63, 3.8) is 0 Å². The van der Waals surface area contributed by atoms with Gasteiger partial charge in [-0.3, -0.25) is 19.4 Å². The summed E-state index contributed by atoms with van der Waals surface area (Å²) in [4.78, 5) is 45.9. The molecular weight excluding hydrogens is 396 g/mol. The number of anilines is 2. The molecule has 1 fully saturated rings. The second kappa shape index (κ2) is 7.82. The van der Waals surface area contributed by atoms with Crippen molar-refractivity contribution >= 4 is 23.3 Å². The van der Waals surface area contributed by atoms with Gasteiger partial charge in [-0.05, 0) is 51.0 Å². The normalized spacial score (nSPS) is 16.1. The first-order valence-corrected chi connectivity index (χ1v) is 10.0. The number of nitrogens with zero attached hydrogens (tertiary/aromatic N) is 4. The van der Waals surface area contributed by atoms with E-state index in [2.05, 4.69) is 20.4 Å². The SMILES string of the molecule is Cc1cc(=O)[nH]c(-n2nc(C)cc2NC(=O)[C@@H]2CC(=O)N(c3ccc(C)c(C)c3)C2)n1. The zero-order chi connectivity index (χ0) is 22.3. The van der Waals surface area contributed by atoms with E-state index in [1.54, 1.807) is 24.8 Å². The van der Waals surface area contributed by atoms with E-state index in [-0.39, 0.29) is 29.7 Å². The van der Waals surface area contributed by atoms with Gasteiger partial charge in [0.2, 0.25) is 17.8 Å². The fraction of sp³-hybridized carbons (Fsp3) is 0.318. The van der Waals surface area contributed by atoms with Crippen molar-refractivity contribution in [1.82, 2.24) is 19.7 Å². The highest BCUT2D eigenvalue weighted by atomic mass is 16.2. The van der Waals surface area contributed by atoms with Crippen LogP contribution in [0.2, 0.25) is 0 Å². The maximum Gasteiger partial charge on any atom is 0.252 e. The van der Waals surface area contributed by atoms with Gasteiger partial charge in [0.15, 0.2) is 0 Å². The molecule has 9 heteroatoms. The number of amides is 2. The average molecular weight is 420 g/mol. The van der Waals surface area contributed by atoms with Crippen LogP contribution in [-0.4, -0.2) is 38.1 Å². The summed E-state index contributed by atoms with van der Waals surface area (Å²) in [7, 11) is 0. The van der Waals surface area contributed by atoms with Crippen LogP contribution in [0.15, 0.2) is 35.1 Å². The third-order valence-electron chi connectivity index (χ3n) is 5.44. The van der Waals surface area contributed by atoms with Gasteiger partial charge in [-0.2, -0.15) is 9.78 Å². The molecule has 3 aromatic rings. The lowest BCUT2D eigenvalue weighted by Crippen LogP contribution is -2.29. The van der Waals surface area contributed by atoms with E-state index in [0.29, 0.717) is 23.8 Å². The number of rotatable bonds is 4. The number of carbonyl (C=O) groups is 2. The number of H-pyrrole nitrogens is 1. The molecule has 2 aromatic heterocycles. The minimum Gasteiger partial charge on any atom is -0.312 e. The van der Waals surface area contributed by atoms with Crippen molar-refractivity contribution in [1.29, 1.82) is 0 Å². The van der Waals surface area contributed by atoms with Gasteiger partial charge < -0.3 is 10.2 Å². The Morgan fingerprint density at radius 2 is 1.84 bits per heavy atom. The first-order chi connectivity index (χ1) is 14.7. The van der Waals surface area contributed by atoms with Crippen molar-refractivity contribution in [2.45, 2.75) is 34.1 Å². The molecule has 2 amide bonds. The Bertz CT molecular complexity index is 1240. The molecule has 1 aliphatic heterocycles. The zero-order valence-corrected chi connectivity index (χ0v) is 17.9. The molecule has 1 saturated heterocycles. The Kier molecular flexibility index (Phi) is 5.18. The summed E-state index contributed by atoms with van der Waals surface area (Å²) in [5, 5.41) is 7.17. The molecule has 0 radical (unpaired) electrons. The standard InChI is InChI=1S/C22H24N6O3/c1-12-5-6-17(7-13(12)2)27-11-16(10-20(27)30)21(31)24-18-8-15(4)26-28(18)22-23-14(3)9-19(29)25-22/h5-9,16H,10-11H2,1-4H3,(H,24,31)(H,23,25,29)/t16-/m1/s1. The summed E-state index contributed by atoms with van der Waals surface area (Å²) in [5.41, 5.74) is 3.92. The Balaban J connectivity index is 1.55. The van der Waals surface area contributed by atoms with Crippen molar-refractivity contribution in [2.24, 2.45) is 5.92 Å². The summed E-state index contributed by atoms with van der Waals surface area (Å²) < 4.78 is 1.39. The summed E-state index contributed by atoms with van der Waals surface area (Å²) >= 11 is 0. The van der Waals surface area contributed by atoms with Gasteiger partial charge in [-0.25, -0.2) is 4.98 Å². The highest BCUT2D eigenvalue weighted by molar-refractivity contribution is 6.03. The predicted octanol–water partition coefficient (Wildman–Crippen LogP) is 2.18. The molecule has 0 aliphatic carbocycles. The lowest BCUT2D eigenvalue weighted by Gasteiger charge is -2.18. The quantitative estimate of drug-likeness (QED) is 0.672. The molecule has 0 unspecified atom stereocenters. The monoisotopic (exact) mass is 420 g/mol. The van der Waals surface area contributed by atoms with Gasteiger partial charge in [0.05, 0.1) is 11.6 Å². The molecule has 9 nitrogen and oxygen atoms in total. The maximum atomic E-state index is 13.0. The number of aryl methyl sites for hydroxylation is 4. The number of hydrogen-bond acceptors (Lipinski definition) is 5. The van der Waals surface area contributed by atoms with E-state index in [9.17, 15) is 14.4 Å². The fourth-order valence-corrected chi connectivity index (χ4v) is 3.67. The molecule has 4 rings (SSSR count). The molecule has 3 heterocycles. The third-order valence-corrected chi connectivity index (χ3v) is 5.44. The molecule has 0 bridgehead atoms. The van der Waals surface area contributed by atoms with Crippen molar-refractivity contribution < 1.29 is 9.59 Å². The van der Waals surface area contributed by atoms with Gasteiger partial charge in [-0.1, -0.05) is 6.07 Å². The number of aromatic amines is 1. The first kappa shape index (κ1) is 20.5. The molecule has 1 aromatic carbocycles. The predicted molar refractivity (Wildman–Crippen MR) is 116 cm³/mol. The third kappa shape index (κ3) is 4.11. The van der Waals surface area contributed by atoms with Gasteiger partial charge in [0.25, 0.3) is 5.56 Å². The fourth-order valence-electron chi connectivity index (χ4n) is 3.67. The maximum absolute atomic E-state index is 13.0. The van der Waals surface area contributed by atoms with E-state index < -0.39 is 5.92 Å². The molecular formula is C22H24N6O3. The van der Waals surface area contributed by atoms with Crippen LogP contribution in [0.25, 0.3) is 5.95 Å². The lowest BCUT2D eigenvalue weighted by atomic mass is 10.1. The van der Waals surface area contributed by atoms with E-state index in [4.69, 9.17) is 0 Å². The Morgan fingerprint density at radius 3 is 2.55 bits per heavy atom. The topological polar surface area (TPSA) is 113 Å². The number of hydrogen-bond donors (Lipinski definition) is 2. The summed E-state index contributed by atoms with van der Waals surface area (Å²) in [6.45, 7) is 7.80. The van der Waals surface area contributed by atoms with Gasteiger partial charge in [0, 0.05) is 36.5 Å². The molecule has 31 heavy (non-hydrogen) atoms. The van der Waals surface area contributed by atoms with Crippen LogP contribution in [0.3, 0.4) is 0 Å². The number of aromatic nitrogens is 4. The molecule has 1 atom stereocenters. The molecule has 0 saturated carbocycles. The van der Waals surface area contributed by atoms with Gasteiger partial charge in [0.1, 0.15) is 5.82 Å². The van der Waals surface area contributed by atoms with Crippen LogP contribution in [0.5, 0.6) is 0 Å². The zero-order valence-electron chi connectivity index (χ0n) is 17.9. The van der Waals surface area contributed by atoms with Crippen LogP contribution in [0.4, 0.5) is 11.5 Å². The number of nitrogens with one attached hydrogen (secondary N) is 2. The van der Waals surface area contributed by atoms with Crippen molar-refractivity contribution in [3.05, 3.63) is 63.2 Å². The van der Waals surface area contributed by atoms with Gasteiger partial charge >= 0.3 is 0 Å². The second-order valence-electron chi connectivity index (χ2n) is 7.96. The minimum atomic E-state index is -0.498. The lowest BCUT2D eigenvalue weighted by molar-refractivity contribution is -0.122. The van der Waals surface area contributed by atoms with Crippen LogP contribution < -0.4 is 15.8 Å². The van der Waals surface area contributed by atoms with Crippen LogP contribution in [0, 0.1) is 33.6 Å². The highest BCUT2D eigenvalue weighted by Crippen LogP contribution is 2.28. The second-order valence-corrected chi connectivity index (χ2v) is 7.96. The largest absolute Gasteiger partial charge is 0.312 e. The Hall–Kier alpha value is -3.75.